The van der Waals surface area contributed by atoms with Gasteiger partial charge < -0.3 is 14.8 Å². The first-order valence-electron chi connectivity index (χ1n) is 11.7. The van der Waals surface area contributed by atoms with Crippen LogP contribution in [-0.2, 0) is 14.9 Å². The number of halogens is 1. The quantitative estimate of drug-likeness (QED) is 0.674. The standard InChI is InChI=1S/C26H33FN2O3/c1-20-6-4-5-15-29(20)16-19-32-22-11-9-21(10-12-22)28-25(30)26(13-17-31-18-14-26)23-7-2-3-8-24(23)27/h2-3,7-12,20H,4-6,13-19H2,1H3,(H,28,30)/t20-/m0/s1. The highest BCUT2D eigenvalue weighted by molar-refractivity contribution is 5.99. The Morgan fingerprint density at radius 3 is 2.62 bits per heavy atom. The molecule has 6 heteroatoms. The molecule has 2 aromatic rings. The first kappa shape index (κ1) is 22.7. The van der Waals surface area contributed by atoms with E-state index >= 15 is 0 Å². The largest absolute Gasteiger partial charge is 0.492 e. The van der Waals surface area contributed by atoms with Gasteiger partial charge in [-0.3, -0.25) is 9.69 Å². The number of hydrogen-bond donors (Lipinski definition) is 1. The average molecular weight is 441 g/mol. The van der Waals surface area contributed by atoms with Gasteiger partial charge >= 0.3 is 0 Å². The molecule has 2 aliphatic heterocycles. The molecule has 32 heavy (non-hydrogen) atoms. The van der Waals surface area contributed by atoms with Gasteiger partial charge in [-0.25, -0.2) is 4.39 Å². The zero-order valence-corrected chi connectivity index (χ0v) is 18.8. The zero-order valence-electron chi connectivity index (χ0n) is 18.8. The number of nitrogens with zero attached hydrogens (tertiary/aromatic N) is 1. The smallest absolute Gasteiger partial charge is 0.235 e. The highest BCUT2D eigenvalue weighted by Crippen LogP contribution is 2.37. The summed E-state index contributed by atoms with van der Waals surface area (Å²) < 4.78 is 26.0. The minimum atomic E-state index is -0.927. The van der Waals surface area contributed by atoms with Gasteiger partial charge in [-0.1, -0.05) is 24.6 Å². The summed E-state index contributed by atoms with van der Waals surface area (Å²) >= 11 is 0. The number of likely N-dealkylation sites (tertiary alicyclic amines) is 1. The number of piperidine rings is 1. The molecule has 1 N–H and O–H groups in total. The lowest BCUT2D eigenvalue weighted by molar-refractivity contribution is -0.125. The van der Waals surface area contributed by atoms with E-state index in [0.717, 1.165) is 18.8 Å². The van der Waals surface area contributed by atoms with Gasteiger partial charge in [0.2, 0.25) is 5.91 Å². The van der Waals surface area contributed by atoms with Crippen LogP contribution in [0.3, 0.4) is 0 Å². The van der Waals surface area contributed by atoms with Crippen LogP contribution in [0.5, 0.6) is 5.75 Å². The number of benzene rings is 2. The molecule has 2 aromatic carbocycles. The van der Waals surface area contributed by atoms with Gasteiger partial charge in [0.15, 0.2) is 0 Å². The maximum atomic E-state index is 14.6. The van der Waals surface area contributed by atoms with Gasteiger partial charge in [-0.2, -0.15) is 0 Å². The third-order valence-corrected chi connectivity index (χ3v) is 6.87. The normalized spacial score (nSPS) is 21.1. The summed E-state index contributed by atoms with van der Waals surface area (Å²) in [6.07, 6.45) is 4.75. The molecule has 0 radical (unpaired) electrons. The number of carbonyl (C=O) groups is 1. The van der Waals surface area contributed by atoms with Crippen molar-refractivity contribution >= 4 is 11.6 Å². The predicted octanol–water partition coefficient (Wildman–Crippen LogP) is 4.77. The monoisotopic (exact) mass is 440 g/mol. The molecule has 5 nitrogen and oxygen atoms in total. The molecule has 2 aliphatic rings. The van der Waals surface area contributed by atoms with E-state index in [-0.39, 0.29) is 11.7 Å². The van der Waals surface area contributed by atoms with Crippen molar-refractivity contribution in [3.05, 3.63) is 59.9 Å². The lowest BCUT2D eigenvalue weighted by Gasteiger charge is -2.36. The fraction of sp³-hybridized carbons (Fsp3) is 0.500. The predicted molar refractivity (Wildman–Crippen MR) is 124 cm³/mol. The van der Waals surface area contributed by atoms with E-state index in [1.54, 1.807) is 18.2 Å². The van der Waals surface area contributed by atoms with Gasteiger partial charge in [0.05, 0.1) is 5.41 Å². The maximum Gasteiger partial charge on any atom is 0.235 e. The van der Waals surface area contributed by atoms with Crippen LogP contribution in [-0.4, -0.2) is 49.8 Å². The van der Waals surface area contributed by atoms with Gasteiger partial charge in [0, 0.05) is 37.1 Å². The first-order chi connectivity index (χ1) is 15.6. The highest BCUT2D eigenvalue weighted by atomic mass is 19.1. The van der Waals surface area contributed by atoms with Crippen molar-refractivity contribution in [1.82, 2.24) is 4.90 Å². The molecule has 172 valence electrons. The number of amides is 1. The Morgan fingerprint density at radius 1 is 1.16 bits per heavy atom. The van der Waals surface area contributed by atoms with Crippen LogP contribution in [0, 0.1) is 5.82 Å². The molecule has 0 aliphatic carbocycles. The topological polar surface area (TPSA) is 50.8 Å². The van der Waals surface area contributed by atoms with Crippen molar-refractivity contribution in [3.8, 4) is 5.75 Å². The van der Waals surface area contributed by atoms with Crippen molar-refractivity contribution in [1.29, 1.82) is 0 Å². The summed E-state index contributed by atoms with van der Waals surface area (Å²) in [5.74, 6) is 0.234. The molecule has 1 atom stereocenters. The van der Waals surface area contributed by atoms with Crippen LogP contribution >= 0.6 is 0 Å². The second kappa shape index (κ2) is 10.5. The minimum absolute atomic E-state index is 0.196. The highest BCUT2D eigenvalue weighted by Gasteiger charge is 2.43. The van der Waals surface area contributed by atoms with Crippen LogP contribution in [0.1, 0.15) is 44.6 Å². The molecule has 0 spiro atoms. The lowest BCUT2D eigenvalue weighted by atomic mass is 9.73. The fourth-order valence-electron chi connectivity index (χ4n) is 4.84. The Balaban J connectivity index is 1.37. The number of carbonyl (C=O) groups excluding carboxylic acids is 1. The summed E-state index contributed by atoms with van der Waals surface area (Å²) in [4.78, 5) is 15.8. The van der Waals surface area contributed by atoms with Crippen molar-refractivity contribution in [2.75, 3.05) is 38.2 Å². The zero-order chi connectivity index (χ0) is 22.4. The van der Waals surface area contributed by atoms with E-state index in [1.807, 2.05) is 24.3 Å². The van der Waals surface area contributed by atoms with Gasteiger partial charge in [0.25, 0.3) is 0 Å². The summed E-state index contributed by atoms with van der Waals surface area (Å²) in [5.41, 5.74) is 0.186. The SMILES string of the molecule is C[C@H]1CCCCN1CCOc1ccc(NC(=O)C2(c3ccccc3F)CCOCC2)cc1. The van der Waals surface area contributed by atoms with E-state index in [4.69, 9.17) is 9.47 Å². The molecule has 2 fully saturated rings. The van der Waals surface area contributed by atoms with Crippen LogP contribution in [0.4, 0.5) is 10.1 Å². The van der Waals surface area contributed by atoms with Gasteiger partial charge in [0.1, 0.15) is 18.2 Å². The Morgan fingerprint density at radius 2 is 1.91 bits per heavy atom. The molecule has 4 rings (SSSR count). The van der Waals surface area contributed by atoms with Gasteiger partial charge in [-0.05, 0) is 69.5 Å². The van der Waals surface area contributed by atoms with Crippen LogP contribution in [0.25, 0.3) is 0 Å². The van der Waals surface area contributed by atoms with Crippen molar-refractivity contribution in [3.63, 3.8) is 0 Å². The lowest BCUT2D eigenvalue weighted by Crippen LogP contribution is -2.45. The Hall–Kier alpha value is -2.44. The Kier molecular flexibility index (Phi) is 7.43. The molecule has 2 heterocycles. The summed E-state index contributed by atoms with van der Waals surface area (Å²) in [5, 5.41) is 2.99. The van der Waals surface area contributed by atoms with Crippen LogP contribution < -0.4 is 10.1 Å². The molecule has 0 aromatic heterocycles. The van der Waals surface area contributed by atoms with Gasteiger partial charge in [-0.15, -0.1) is 0 Å². The molecular weight excluding hydrogens is 407 g/mol. The Labute approximate surface area is 189 Å². The fourth-order valence-corrected chi connectivity index (χ4v) is 4.84. The van der Waals surface area contributed by atoms with Crippen LogP contribution in [0.15, 0.2) is 48.5 Å². The summed E-state index contributed by atoms with van der Waals surface area (Å²) in [7, 11) is 0. The molecule has 1 amide bonds. The summed E-state index contributed by atoms with van der Waals surface area (Å²) in [6, 6.07) is 14.6. The second-order valence-electron chi connectivity index (χ2n) is 8.88. The average Bonchev–Trinajstić information content (AvgIpc) is 2.82. The number of ether oxygens (including phenoxy) is 2. The molecular formula is C26H33FN2O3. The van der Waals surface area contributed by atoms with Crippen molar-refractivity contribution < 1.29 is 18.7 Å². The third kappa shape index (κ3) is 5.13. The maximum absolute atomic E-state index is 14.6. The van der Waals surface area contributed by atoms with E-state index in [1.165, 1.54) is 25.3 Å². The van der Waals surface area contributed by atoms with Crippen LogP contribution in [0.2, 0.25) is 0 Å². The first-order valence-corrected chi connectivity index (χ1v) is 11.7. The molecule has 0 saturated carbocycles. The number of nitrogens with one attached hydrogen (secondary N) is 1. The second-order valence-corrected chi connectivity index (χ2v) is 8.88. The minimum Gasteiger partial charge on any atom is -0.492 e. The van der Waals surface area contributed by atoms with Crippen molar-refractivity contribution in [2.45, 2.75) is 50.5 Å². The summed E-state index contributed by atoms with van der Waals surface area (Å²) in [6.45, 7) is 5.86. The van der Waals surface area contributed by atoms with E-state index in [0.29, 0.717) is 50.0 Å². The number of rotatable bonds is 7. The van der Waals surface area contributed by atoms with E-state index in [9.17, 15) is 9.18 Å². The number of anilines is 1. The van der Waals surface area contributed by atoms with Crippen molar-refractivity contribution in [2.24, 2.45) is 0 Å². The Bertz CT molecular complexity index is 896. The van der Waals surface area contributed by atoms with E-state index in [2.05, 4.69) is 17.1 Å². The molecule has 2 saturated heterocycles. The molecule has 0 unspecified atom stereocenters. The number of hydrogen-bond acceptors (Lipinski definition) is 4. The molecule has 0 bridgehead atoms. The van der Waals surface area contributed by atoms with E-state index < -0.39 is 5.41 Å². The third-order valence-electron chi connectivity index (χ3n) is 6.87.